The van der Waals surface area contributed by atoms with Crippen molar-refractivity contribution in [3.05, 3.63) is 17.5 Å². The van der Waals surface area contributed by atoms with Crippen molar-refractivity contribution >= 4 is 5.97 Å². The van der Waals surface area contributed by atoms with Gasteiger partial charge in [-0.1, -0.05) is 0 Å². The number of rotatable bonds is 1. The van der Waals surface area contributed by atoms with Crippen LogP contribution in [0.1, 0.15) is 22.5 Å². The lowest BCUT2D eigenvalue weighted by molar-refractivity contribution is -0.00354. The van der Waals surface area contributed by atoms with Crippen molar-refractivity contribution in [2.45, 2.75) is 18.9 Å². The van der Waals surface area contributed by atoms with Crippen LogP contribution in [0.25, 0.3) is 0 Å². The van der Waals surface area contributed by atoms with Crippen LogP contribution in [0.4, 0.5) is 8.78 Å². The normalized spacial score (nSPS) is 18.6. The molecule has 0 saturated heterocycles. The van der Waals surface area contributed by atoms with Crippen molar-refractivity contribution in [3.8, 4) is 0 Å². The SMILES string of the molecule is O=C(O)c1cnn2c1C(F)(F)CC2. The Morgan fingerprint density at radius 3 is 3.00 bits per heavy atom. The number of nitrogens with zero attached hydrogens (tertiary/aromatic N) is 2. The average Bonchev–Trinajstić information content (AvgIpc) is 2.53. The Kier molecular flexibility index (Phi) is 1.43. The minimum atomic E-state index is -3.05. The fourth-order valence-electron chi connectivity index (χ4n) is 1.46. The van der Waals surface area contributed by atoms with Gasteiger partial charge in [-0.15, -0.1) is 0 Å². The second-order valence-corrected chi connectivity index (χ2v) is 2.89. The van der Waals surface area contributed by atoms with Crippen molar-refractivity contribution in [2.24, 2.45) is 0 Å². The third-order valence-electron chi connectivity index (χ3n) is 2.05. The molecule has 0 aromatic carbocycles. The second kappa shape index (κ2) is 2.27. The zero-order chi connectivity index (χ0) is 9.64. The highest BCUT2D eigenvalue weighted by Crippen LogP contribution is 2.39. The van der Waals surface area contributed by atoms with Crippen LogP contribution in [0.5, 0.6) is 0 Å². The Labute approximate surface area is 71.8 Å². The monoisotopic (exact) mass is 188 g/mol. The van der Waals surface area contributed by atoms with Crippen molar-refractivity contribution in [1.29, 1.82) is 0 Å². The first-order valence-electron chi connectivity index (χ1n) is 3.70. The smallest absolute Gasteiger partial charge is 0.339 e. The molecule has 0 atom stereocenters. The molecule has 2 rings (SSSR count). The van der Waals surface area contributed by atoms with Crippen LogP contribution in [-0.4, -0.2) is 20.9 Å². The summed E-state index contributed by atoms with van der Waals surface area (Å²) in [6.45, 7) is 0.0790. The third kappa shape index (κ3) is 1.01. The molecule has 0 unspecified atom stereocenters. The van der Waals surface area contributed by atoms with Gasteiger partial charge in [0.05, 0.1) is 6.20 Å². The molecule has 2 heterocycles. The number of hydrogen-bond acceptors (Lipinski definition) is 2. The van der Waals surface area contributed by atoms with E-state index in [-0.39, 0.29) is 13.0 Å². The van der Waals surface area contributed by atoms with Crippen molar-refractivity contribution in [1.82, 2.24) is 9.78 Å². The van der Waals surface area contributed by atoms with E-state index in [0.717, 1.165) is 10.9 Å². The number of carboxylic acids is 1. The van der Waals surface area contributed by atoms with Gasteiger partial charge in [-0.2, -0.15) is 13.9 Å². The van der Waals surface area contributed by atoms with Crippen LogP contribution >= 0.6 is 0 Å². The number of carbonyl (C=O) groups is 1. The van der Waals surface area contributed by atoms with Gasteiger partial charge in [0.1, 0.15) is 11.3 Å². The van der Waals surface area contributed by atoms with Gasteiger partial charge >= 0.3 is 5.97 Å². The molecular formula is C7H6F2N2O2. The Morgan fingerprint density at radius 2 is 2.38 bits per heavy atom. The molecule has 0 bridgehead atoms. The Morgan fingerprint density at radius 1 is 1.69 bits per heavy atom. The molecule has 0 fully saturated rings. The fourth-order valence-corrected chi connectivity index (χ4v) is 1.46. The maximum Gasteiger partial charge on any atom is 0.339 e. The first-order chi connectivity index (χ1) is 6.02. The van der Waals surface area contributed by atoms with Crippen molar-refractivity contribution in [3.63, 3.8) is 0 Å². The molecule has 13 heavy (non-hydrogen) atoms. The van der Waals surface area contributed by atoms with Crippen LogP contribution in [-0.2, 0) is 12.5 Å². The molecule has 0 saturated carbocycles. The zero-order valence-electron chi connectivity index (χ0n) is 6.50. The summed E-state index contributed by atoms with van der Waals surface area (Å²) in [5.41, 5.74) is -0.873. The number of aryl methyl sites for hydroxylation is 1. The fraction of sp³-hybridized carbons (Fsp3) is 0.429. The van der Waals surface area contributed by atoms with E-state index in [4.69, 9.17) is 5.11 Å². The summed E-state index contributed by atoms with van der Waals surface area (Å²) in [6.07, 6.45) is 0.598. The van der Waals surface area contributed by atoms with Crippen LogP contribution in [0.15, 0.2) is 6.20 Å². The van der Waals surface area contributed by atoms with Gasteiger partial charge in [-0.25, -0.2) is 4.79 Å². The van der Waals surface area contributed by atoms with Crippen molar-refractivity contribution < 1.29 is 18.7 Å². The molecule has 0 spiro atoms. The van der Waals surface area contributed by atoms with E-state index in [1.807, 2.05) is 0 Å². The van der Waals surface area contributed by atoms with Gasteiger partial charge in [0.2, 0.25) is 0 Å². The van der Waals surface area contributed by atoms with Crippen LogP contribution in [0.2, 0.25) is 0 Å². The maximum absolute atomic E-state index is 13.1. The molecule has 1 N–H and O–H groups in total. The molecule has 0 amide bonds. The van der Waals surface area contributed by atoms with Gasteiger partial charge in [0.25, 0.3) is 5.92 Å². The summed E-state index contributed by atoms with van der Waals surface area (Å²) >= 11 is 0. The summed E-state index contributed by atoms with van der Waals surface area (Å²) in [6, 6.07) is 0. The average molecular weight is 188 g/mol. The number of aromatic nitrogens is 2. The maximum atomic E-state index is 13.1. The standard InChI is InChI=1S/C7H6F2N2O2/c8-7(9)1-2-11-5(7)4(3-10-11)6(12)13/h3H,1-2H2,(H,12,13). The quantitative estimate of drug-likeness (QED) is 0.717. The summed E-state index contributed by atoms with van der Waals surface area (Å²) in [7, 11) is 0. The van der Waals surface area contributed by atoms with E-state index in [9.17, 15) is 13.6 Å². The molecule has 6 heteroatoms. The largest absolute Gasteiger partial charge is 0.478 e. The van der Waals surface area contributed by atoms with Crippen LogP contribution in [0, 0.1) is 0 Å². The summed E-state index contributed by atoms with van der Waals surface area (Å²) in [5.74, 6) is -4.41. The van der Waals surface area contributed by atoms with E-state index in [1.54, 1.807) is 0 Å². The van der Waals surface area contributed by atoms with Crippen LogP contribution < -0.4 is 0 Å². The van der Waals surface area contributed by atoms with E-state index < -0.39 is 23.1 Å². The molecule has 0 aliphatic carbocycles. The lowest BCUT2D eigenvalue weighted by atomic mass is 10.1. The van der Waals surface area contributed by atoms with E-state index in [2.05, 4.69) is 5.10 Å². The summed E-state index contributed by atoms with van der Waals surface area (Å²) in [4.78, 5) is 10.5. The minimum Gasteiger partial charge on any atom is -0.478 e. The molecular weight excluding hydrogens is 182 g/mol. The topological polar surface area (TPSA) is 55.1 Å². The predicted octanol–water partition coefficient (Wildman–Crippen LogP) is 1.08. The first kappa shape index (κ1) is 8.15. The highest BCUT2D eigenvalue weighted by Gasteiger charge is 2.44. The van der Waals surface area contributed by atoms with Gasteiger partial charge in [0, 0.05) is 13.0 Å². The van der Waals surface area contributed by atoms with E-state index in [1.165, 1.54) is 0 Å². The highest BCUT2D eigenvalue weighted by atomic mass is 19.3. The molecule has 70 valence electrons. The van der Waals surface area contributed by atoms with Crippen LogP contribution in [0.3, 0.4) is 0 Å². The number of aromatic carboxylic acids is 1. The molecule has 1 aromatic heterocycles. The molecule has 1 aromatic rings. The van der Waals surface area contributed by atoms with Gasteiger partial charge in [-0.3, -0.25) is 4.68 Å². The predicted molar refractivity (Wildman–Crippen MR) is 37.7 cm³/mol. The highest BCUT2D eigenvalue weighted by molar-refractivity contribution is 5.89. The van der Waals surface area contributed by atoms with E-state index >= 15 is 0 Å². The molecule has 4 nitrogen and oxygen atoms in total. The lowest BCUT2D eigenvalue weighted by Crippen LogP contribution is -2.13. The Bertz CT molecular complexity index is 373. The minimum absolute atomic E-state index is 0.0790. The number of carboxylic acid groups (broad SMARTS) is 1. The van der Waals surface area contributed by atoms with Gasteiger partial charge in [-0.05, 0) is 0 Å². The molecule has 1 aliphatic heterocycles. The van der Waals surface area contributed by atoms with E-state index in [0.29, 0.717) is 0 Å². The molecule has 1 aliphatic rings. The number of hydrogen-bond donors (Lipinski definition) is 1. The summed E-state index contributed by atoms with van der Waals surface area (Å²) < 4.78 is 27.2. The first-order valence-corrected chi connectivity index (χ1v) is 3.70. The van der Waals surface area contributed by atoms with Crippen molar-refractivity contribution in [2.75, 3.05) is 0 Å². The summed E-state index contributed by atoms with van der Waals surface area (Å²) in [5, 5.41) is 12.2. The number of alkyl halides is 2. The Balaban J connectivity index is 2.59. The molecule has 0 radical (unpaired) electrons. The number of fused-ring (bicyclic) bond motifs is 1. The number of halogens is 2. The van der Waals surface area contributed by atoms with Gasteiger partial charge in [0.15, 0.2) is 0 Å². The lowest BCUT2D eigenvalue weighted by Gasteiger charge is -2.07. The van der Waals surface area contributed by atoms with Gasteiger partial charge < -0.3 is 5.11 Å². The zero-order valence-corrected chi connectivity index (χ0v) is 6.50. The third-order valence-corrected chi connectivity index (χ3v) is 2.05. The Hall–Kier alpha value is -1.46. The second-order valence-electron chi connectivity index (χ2n) is 2.89.